The van der Waals surface area contributed by atoms with E-state index in [4.69, 9.17) is 25.2 Å². The van der Waals surface area contributed by atoms with E-state index in [1.165, 1.54) is 0 Å². The molecule has 2 atom stereocenters. The van der Waals surface area contributed by atoms with Crippen molar-refractivity contribution >= 4 is 17.5 Å². The first-order chi connectivity index (χ1) is 16.5. The minimum Gasteiger partial charge on any atom is -0.497 e. The number of nitrogens with one attached hydrogen (secondary N) is 2. The zero-order valence-corrected chi connectivity index (χ0v) is 19.4. The molecule has 1 aliphatic heterocycles. The molecule has 0 saturated carbocycles. The molecule has 2 aromatic rings. The van der Waals surface area contributed by atoms with Gasteiger partial charge in [-0.1, -0.05) is 18.2 Å². The van der Waals surface area contributed by atoms with Gasteiger partial charge in [0.05, 0.1) is 12.8 Å². The van der Waals surface area contributed by atoms with Crippen LogP contribution in [0.3, 0.4) is 0 Å². The zero-order valence-electron chi connectivity index (χ0n) is 19.4. The van der Waals surface area contributed by atoms with Crippen molar-refractivity contribution in [2.45, 2.75) is 57.3 Å². The lowest BCUT2D eigenvalue weighted by molar-refractivity contribution is -0.130. The summed E-state index contributed by atoms with van der Waals surface area (Å²) in [7, 11) is 1.64. The number of fused-ring (bicyclic) bond motifs is 3. The van der Waals surface area contributed by atoms with Crippen LogP contribution in [0, 0.1) is 0 Å². The fourth-order valence-corrected chi connectivity index (χ4v) is 3.87. The van der Waals surface area contributed by atoms with Crippen molar-refractivity contribution in [2.75, 3.05) is 19.0 Å². The molecule has 2 amide bonds. The van der Waals surface area contributed by atoms with Gasteiger partial charge in [0, 0.05) is 19.1 Å². The summed E-state index contributed by atoms with van der Waals surface area (Å²) in [5, 5.41) is 11.5. The third-order valence-electron chi connectivity index (χ3n) is 5.64. The number of carbonyl (C=O) groups excluding carboxylic acids is 2. The molecule has 0 fully saturated rings. The number of hydroxylamine groups is 1. The SMILES string of the molecule is COc1cc2cc(c1)COc1ccccc1NC(=O)[C@H](C[C@@H](N)CCCC(=O)NO)OCCC2. The van der Waals surface area contributed by atoms with Gasteiger partial charge in [0.15, 0.2) is 0 Å². The van der Waals surface area contributed by atoms with Gasteiger partial charge in [0.2, 0.25) is 5.91 Å². The smallest absolute Gasteiger partial charge is 0.253 e. The Morgan fingerprint density at radius 1 is 1.29 bits per heavy atom. The van der Waals surface area contributed by atoms with Gasteiger partial charge in [-0.3, -0.25) is 14.8 Å². The van der Waals surface area contributed by atoms with Crippen LogP contribution in [0.15, 0.2) is 42.5 Å². The van der Waals surface area contributed by atoms with Crippen molar-refractivity contribution in [3.05, 3.63) is 53.6 Å². The normalized spacial score (nSPS) is 17.4. The standard InChI is InChI=1S/C25H33N3O6/c1-32-20-13-17-6-5-11-33-23(15-19(26)7-4-10-24(29)28-31)25(30)27-21-8-2-3-9-22(21)34-16-18(12-17)14-20/h2-3,8-9,12-14,19,23,31H,4-7,10-11,15-16,26H2,1H3,(H,27,30)(H,28,29)/t19-,23-/m0/s1. The summed E-state index contributed by atoms with van der Waals surface area (Å²) in [6.45, 7) is 0.728. The molecule has 184 valence electrons. The van der Waals surface area contributed by atoms with Gasteiger partial charge in [0.25, 0.3) is 5.91 Å². The highest BCUT2D eigenvalue weighted by Gasteiger charge is 2.24. The summed E-state index contributed by atoms with van der Waals surface area (Å²) in [5.41, 5.74) is 10.5. The minimum atomic E-state index is -0.751. The van der Waals surface area contributed by atoms with E-state index in [-0.39, 0.29) is 18.4 Å². The summed E-state index contributed by atoms with van der Waals surface area (Å²) in [6.07, 6.45) is 2.22. The molecule has 0 saturated heterocycles. The maximum atomic E-state index is 13.1. The van der Waals surface area contributed by atoms with Crippen molar-refractivity contribution in [3.63, 3.8) is 0 Å². The van der Waals surface area contributed by atoms with E-state index in [0.29, 0.717) is 43.9 Å². The van der Waals surface area contributed by atoms with Gasteiger partial charge < -0.3 is 25.3 Å². The zero-order chi connectivity index (χ0) is 24.3. The Labute approximate surface area is 199 Å². The molecule has 3 rings (SSSR count). The molecule has 1 heterocycles. The maximum Gasteiger partial charge on any atom is 0.253 e. The maximum absolute atomic E-state index is 13.1. The molecule has 0 radical (unpaired) electrons. The second-order valence-corrected chi connectivity index (χ2v) is 8.35. The number of para-hydroxylation sites is 2. The van der Waals surface area contributed by atoms with Gasteiger partial charge in [-0.25, -0.2) is 5.48 Å². The van der Waals surface area contributed by atoms with E-state index in [1.54, 1.807) is 24.7 Å². The number of carbonyl (C=O) groups is 2. The monoisotopic (exact) mass is 471 g/mol. The van der Waals surface area contributed by atoms with Gasteiger partial charge in [0.1, 0.15) is 24.2 Å². The number of aryl methyl sites for hydroxylation is 1. The third kappa shape index (κ3) is 7.72. The summed E-state index contributed by atoms with van der Waals surface area (Å²) in [6, 6.07) is 12.9. The largest absolute Gasteiger partial charge is 0.497 e. The lowest BCUT2D eigenvalue weighted by Gasteiger charge is -2.22. The van der Waals surface area contributed by atoms with Gasteiger partial charge >= 0.3 is 0 Å². The average Bonchev–Trinajstić information content (AvgIpc) is 2.84. The summed E-state index contributed by atoms with van der Waals surface area (Å²) >= 11 is 0. The molecule has 0 aliphatic carbocycles. The average molecular weight is 472 g/mol. The van der Waals surface area contributed by atoms with Crippen molar-refractivity contribution in [1.29, 1.82) is 0 Å². The number of amides is 2. The van der Waals surface area contributed by atoms with Crippen LogP contribution in [0.25, 0.3) is 0 Å². The van der Waals surface area contributed by atoms with Crippen LogP contribution in [0.1, 0.15) is 43.2 Å². The first-order valence-corrected chi connectivity index (χ1v) is 11.5. The summed E-state index contributed by atoms with van der Waals surface area (Å²) < 4.78 is 17.4. The summed E-state index contributed by atoms with van der Waals surface area (Å²) in [4.78, 5) is 24.3. The molecule has 9 heteroatoms. The molecule has 0 unspecified atom stereocenters. The van der Waals surface area contributed by atoms with E-state index in [2.05, 4.69) is 11.4 Å². The highest BCUT2D eigenvalue weighted by molar-refractivity contribution is 5.95. The molecule has 2 aromatic carbocycles. The highest BCUT2D eigenvalue weighted by Crippen LogP contribution is 2.27. The second-order valence-electron chi connectivity index (χ2n) is 8.35. The Bertz CT molecular complexity index is 967. The van der Waals surface area contributed by atoms with Crippen molar-refractivity contribution < 1.29 is 29.0 Å². The molecule has 2 bridgehead atoms. The van der Waals surface area contributed by atoms with Gasteiger partial charge in [-0.2, -0.15) is 0 Å². The van der Waals surface area contributed by atoms with Crippen LogP contribution in [0.2, 0.25) is 0 Å². The fraction of sp³-hybridized carbons (Fsp3) is 0.440. The third-order valence-corrected chi connectivity index (χ3v) is 5.64. The molecular formula is C25H33N3O6. The number of nitrogens with two attached hydrogens (primary N) is 1. The molecule has 0 aromatic heterocycles. The lowest BCUT2D eigenvalue weighted by Crippen LogP contribution is -2.37. The number of hydrogen-bond acceptors (Lipinski definition) is 7. The van der Waals surface area contributed by atoms with Crippen molar-refractivity contribution in [3.8, 4) is 11.5 Å². The molecule has 5 N–H and O–H groups in total. The van der Waals surface area contributed by atoms with Gasteiger partial charge in [-0.05, 0) is 67.5 Å². The number of benzene rings is 2. The van der Waals surface area contributed by atoms with Gasteiger partial charge in [-0.15, -0.1) is 0 Å². The second kappa shape index (κ2) is 12.9. The predicted octanol–water partition coefficient (Wildman–Crippen LogP) is 2.94. The molecular weight excluding hydrogens is 438 g/mol. The lowest BCUT2D eigenvalue weighted by atomic mass is 10.0. The minimum absolute atomic E-state index is 0.162. The Morgan fingerprint density at radius 2 is 2.09 bits per heavy atom. The Hall–Kier alpha value is -3.14. The fourth-order valence-electron chi connectivity index (χ4n) is 3.87. The topological polar surface area (TPSA) is 132 Å². The number of rotatable bonds is 7. The number of hydrogen-bond donors (Lipinski definition) is 4. The van der Waals surface area contributed by atoms with E-state index in [1.807, 2.05) is 24.3 Å². The Kier molecular flexibility index (Phi) is 9.69. The van der Waals surface area contributed by atoms with Crippen molar-refractivity contribution in [1.82, 2.24) is 5.48 Å². The van der Waals surface area contributed by atoms with E-state index in [9.17, 15) is 9.59 Å². The first-order valence-electron chi connectivity index (χ1n) is 11.5. The number of ether oxygens (including phenoxy) is 3. The molecule has 1 aliphatic rings. The predicted molar refractivity (Wildman–Crippen MR) is 127 cm³/mol. The first kappa shape index (κ1) is 25.5. The van der Waals surface area contributed by atoms with Crippen molar-refractivity contribution in [2.24, 2.45) is 5.73 Å². The molecule has 34 heavy (non-hydrogen) atoms. The number of methoxy groups -OCH3 is 1. The van der Waals surface area contributed by atoms with E-state index < -0.39 is 12.0 Å². The highest BCUT2D eigenvalue weighted by atomic mass is 16.5. The van der Waals surface area contributed by atoms with Crippen LogP contribution in [-0.4, -0.2) is 42.9 Å². The van der Waals surface area contributed by atoms with E-state index >= 15 is 0 Å². The van der Waals surface area contributed by atoms with E-state index in [0.717, 1.165) is 29.7 Å². The van der Waals surface area contributed by atoms with Crippen LogP contribution in [-0.2, 0) is 27.4 Å². The molecule has 9 nitrogen and oxygen atoms in total. The number of anilines is 1. The molecule has 0 spiro atoms. The van der Waals surface area contributed by atoms with Crippen LogP contribution in [0.5, 0.6) is 11.5 Å². The Morgan fingerprint density at radius 3 is 2.88 bits per heavy atom. The quantitative estimate of drug-likeness (QED) is 0.361. The summed E-state index contributed by atoms with van der Waals surface area (Å²) in [5.74, 6) is 0.563. The van der Waals surface area contributed by atoms with Crippen LogP contribution >= 0.6 is 0 Å². The van der Waals surface area contributed by atoms with Crippen LogP contribution in [0.4, 0.5) is 5.69 Å². The van der Waals surface area contributed by atoms with Crippen LogP contribution < -0.4 is 26.0 Å². The Balaban J connectivity index is 1.75.